The molecule has 1 heterocycles. The van der Waals surface area contributed by atoms with Crippen LogP contribution in [0.15, 0.2) is 6.20 Å². The fraction of sp³-hybridized carbons (Fsp3) is 0.222. The van der Waals surface area contributed by atoms with Gasteiger partial charge in [-0.25, -0.2) is 9.78 Å². The summed E-state index contributed by atoms with van der Waals surface area (Å²) in [6, 6.07) is 1.83. The number of pyridine rings is 1. The maximum absolute atomic E-state index is 10.7. The number of hydrogen-bond acceptors (Lipinski definition) is 4. The van der Waals surface area contributed by atoms with Crippen LogP contribution in [0.1, 0.15) is 21.6 Å². The van der Waals surface area contributed by atoms with E-state index in [0.29, 0.717) is 5.56 Å². The molecule has 0 radical (unpaired) electrons. The van der Waals surface area contributed by atoms with E-state index < -0.39 is 5.97 Å². The van der Waals surface area contributed by atoms with Gasteiger partial charge in [-0.15, -0.1) is 0 Å². The maximum atomic E-state index is 10.7. The molecule has 0 aromatic carbocycles. The Bertz CT molecular complexity index is 421. The van der Waals surface area contributed by atoms with Crippen LogP contribution >= 0.6 is 0 Å². The molecular weight excluding hydrogens is 184 g/mol. The third-order valence-electron chi connectivity index (χ3n) is 1.90. The van der Waals surface area contributed by atoms with Crippen molar-refractivity contribution in [3.63, 3.8) is 0 Å². The van der Waals surface area contributed by atoms with Crippen LogP contribution in [0.4, 0.5) is 0 Å². The number of aromatic nitrogens is 1. The molecule has 1 rings (SSSR count). The SMILES string of the molecule is Cc1c(O)cnc(C(=O)O)c1CC#N. The van der Waals surface area contributed by atoms with Gasteiger partial charge in [0.2, 0.25) is 0 Å². The maximum Gasteiger partial charge on any atom is 0.354 e. The zero-order chi connectivity index (χ0) is 10.7. The number of nitrogens with zero attached hydrogens (tertiary/aromatic N) is 2. The van der Waals surface area contributed by atoms with Gasteiger partial charge < -0.3 is 10.2 Å². The van der Waals surface area contributed by atoms with Crippen LogP contribution in [0.5, 0.6) is 5.75 Å². The van der Waals surface area contributed by atoms with Crippen molar-refractivity contribution >= 4 is 5.97 Å². The molecular formula is C9H8N2O3. The number of carboxylic acid groups (broad SMARTS) is 1. The van der Waals surface area contributed by atoms with Gasteiger partial charge in [0.05, 0.1) is 18.7 Å². The first kappa shape index (κ1) is 9.99. The normalized spacial score (nSPS) is 9.43. The second-order valence-electron chi connectivity index (χ2n) is 2.74. The second-order valence-corrected chi connectivity index (χ2v) is 2.74. The zero-order valence-electron chi connectivity index (χ0n) is 7.48. The predicted octanol–water partition coefficient (Wildman–Crippen LogP) is 0.860. The summed E-state index contributed by atoms with van der Waals surface area (Å²) in [6.07, 6.45) is 0.995. The van der Waals surface area contributed by atoms with Crippen LogP contribution in [0.25, 0.3) is 0 Å². The largest absolute Gasteiger partial charge is 0.506 e. The van der Waals surface area contributed by atoms with Crippen molar-refractivity contribution < 1.29 is 15.0 Å². The Kier molecular flexibility index (Phi) is 2.67. The summed E-state index contributed by atoms with van der Waals surface area (Å²) in [7, 11) is 0. The van der Waals surface area contributed by atoms with E-state index in [9.17, 15) is 9.90 Å². The van der Waals surface area contributed by atoms with E-state index in [4.69, 9.17) is 10.4 Å². The number of nitriles is 1. The first-order valence-corrected chi connectivity index (χ1v) is 3.85. The van der Waals surface area contributed by atoms with Gasteiger partial charge in [-0.1, -0.05) is 0 Å². The lowest BCUT2D eigenvalue weighted by Crippen LogP contribution is -2.07. The molecule has 1 aromatic rings. The summed E-state index contributed by atoms with van der Waals surface area (Å²) in [5, 5.41) is 26.5. The molecule has 0 atom stereocenters. The fourth-order valence-electron chi connectivity index (χ4n) is 1.11. The summed E-state index contributed by atoms with van der Waals surface area (Å²) in [6.45, 7) is 1.55. The zero-order valence-corrected chi connectivity index (χ0v) is 7.48. The van der Waals surface area contributed by atoms with Gasteiger partial charge in [-0.3, -0.25) is 0 Å². The molecule has 72 valence electrons. The highest BCUT2D eigenvalue weighted by Gasteiger charge is 2.15. The van der Waals surface area contributed by atoms with Crippen LogP contribution in [-0.4, -0.2) is 21.2 Å². The molecule has 0 spiro atoms. The van der Waals surface area contributed by atoms with Crippen LogP contribution in [-0.2, 0) is 6.42 Å². The Balaban J connectivity index is 3.39. The number of hydrogen-bond donors (Lipinski definition) is 2. The average Bonchev–Trinajstić information content (AvgIpc) is 2.13. The molecule has 0 aliphatic carbocycles. The van der Waals surface area contributed by atoms with Crippen molar-refractivity contribution in [3.8, 4) is 11.8 Å². The Hall–Kier alpha value is -2.09. The van der Waals surface area contributed by atoms with Gasteiger partial charge in [0, 0.05) is 5.56 Å². The monoisotopic (exact) mass is 192 g/mol. The van der Waals surface area contributed by atoms with Crippen molar-refractivity contribution in [2.24, 2.45) is 0 Å². The summed E-state index contributed by atoms with van der Waals surface area (Å²) in [5.41, 5.74) is 0.473. The summed E-state index contributed by atoms with van der Waals surface area (Å²) in [4.78, 5) is 14.3. The molecule has 0 fully saturated rings. The number of aromatic carboxylic acids is 1. The quantitative estimate of drug-likeness (QED) is 0.724. The fourth-order valence-corrected chi connectivity index (χ4v) is 1.11. The highest BCUT2D eigenvalue weighted by atomic mass is 16.4. The lowest BCUT2D eigenvalue weighted by atomic mass is 10.0. The van der Waals surface area contributed by atoms with E-state index in [1.165, 1.54) is 0 Å². The standard InChI is InChI=1S/C9H8N2O3/c1-5-6(2-3-10)8(9(13)14)11-4-7(5)12/h4,12H,2H2,1H3,(H,13,14). The summed E-state index contributed by atoms with van der Waals surface area (Å²) < 4.78 is 0. The molecule has 2 N–H and O–H groups in total. The van der Waals surface area contributed by atoms with E-state index in [0.717, 1.165) is 6.20 Å². The molecule has 5 heteroatoms. The highest BCUT2D eigenvalue weighted by Crippen LogP contribution is 2.21. The molecule has 14 heavy (non-hydrogen) atoms. The summed E-state index contributed by atoms with van der Waals surface area (Å²) >= 11 is 0. The molecule has 5 nitrogen and oxygen atoms in total. The van der Waals surface area contributed by atoms with Gasteiger partial charge in [0.15, 0.2) is 5.69 Å². The number of aromatic hydroxyl groups is 1. The average molecular weight is 192 g/mol. The third-order valence-corrected chi connectivity index (χ3v) is 1.90. The Morgan fingerprint density at radius 2 is 2.36 bits per heavy atom. The number of carboxylic acids is 1. The molecule has 0 amide bonds. The first-order valence-electron chi connectivity index (χ1n) is 3.85. The van der Waals surface area contributed by atoms with Gasteiger partial charge in [-0.05, 0) is 12.5 Å². The Morgan fingerprint density at radius 1 is 1.71 bits per heavy atom. The lowest BCUT2D eigenvalue weighted by molar-refractivity contribution is 0.0689. The van der Waals surface area contributed by atoms with Crippen molar-refractivity contribution in [1.29, 1.82) is 5.26 Å². The molecule has 0 aliphatic rings. The van der Waals surface area contributed by atoms with Crippen LogP contribution in [0, 0.1) is 18.3 Å². The number of carbonyl (C=O) groups is 1. The summed E-state index contributed by atoms with van der Waals surface area (Å²) in [5.74, 6) is -1.29. The van der Waals surface area contributed by atoms with E-state index in [1.807, 2.05) is 6.07 Å². The molecule has 0 saturated heterocycles. The minimum absolute atomic E-state index is 0.0745. The van der Waals surface area contributed by atoms with E-state index >= 15 is 0 Å². The van der Waals surface area contributed by atoms with E-state index in [2.05, 4.69) is 4.98 Å². The van der Waals surface area contributed by atoms with Gasteiger partial charge in [0.1, 0.15) is 5.75 Å². The minimum atomic E-state index is -1.20. The topological polar surface area (TPSA) is 94.2 Å². The smallest absolute Gasteiger partial charge is 0.354 e. The van der Waals surface area contributed by atoms with E-state index in [1.54, 1.807) is 6.92 Å². The molecule has 0 saturated carbocycles. The van der Waals surface area contributed by atoms with Crippen LogP contribution < -0.4 is 0 Å². The van der Waals surface area contributed by atoms with Crippen molar-refractivity contribution in [2.45, 2.75) is 13.3 Å². The minimum Gasteiger partial charge on any atom is -0.506 e. The van der Waals surface area contributed by atoms with Crippen molar-refractivity contribution in [3.05, 3.63) is 23.0 Å². The van der Waals surface area contributed by atoms with E-state index in [-0.39, 0.29) is 23.4 Å². The van der Waals surface area contributed by atoms with Crippen molar-refractivity contribution in [1.82, 2.24) is 4.98 Å². The van der Waals surface area contributed by atoms with Crippen LogP contribution in [0.3, 0.4) is 0 Å². The third kappa shape index (κ3) is 1.64. The Morgan fingerprint density at radius 3 is 2.86 bits per heavy atom. The first-order chi connectivity index (χ1) is 6.57. The molecule has 0 aliphatic heterocycles. The van der Waals surface area contributed by atoms with Gasteiger partial charge in [0.25, 0.3) is 0 Å². The van der Waals surface area contributed by atoms with Gasteiger partial charge in [-0.2, -0.15) is 5.26 Å². The Labute approximate surface area is 80.3 Å². The van der Waals surface area contributed by atoms with Crippen molar-refractivity contribution in [2.75, 3.05) is 0 Å². The predicted molar refractivity (Wildman–Crippen MR) is 46.9 cm³/mol. The molecule has 1 aromatic heterocycles. The second kappa shape index (κ2) is 3.75. The number of rotatable bonds is 2. The lowest BCUT2D eigenvalue weighted by Gasteiger charge is -2.06. The molecule has 0 bridgehead atoms. The highest BCUT2D eigenvalue weighted by molar-refractivity contribution is 5.87. The molecule has 0 unspecified atom stereocenters. The van der Waals surface area contributed by atoms with Gasteiger partial charge >= 0.3 is 5.97 Å². The van der Waals surface area contributed by atoms with Crippen LogP contribution in [0.2, 0.25) is 0 Å².